The molecule has 1 N–H and O–H groups in total. The lowest BCUT2D eigenvalue weighted by Crippen LogP contribution is -2.15. The number of hydrogen-bond donors (Lipinski definition) is 1. The van der Waals surface area contributed by atoms with Gasteiger partial charge in [0.05, 0.1) is 23.6 Å². The van der Waals surface area contributed by atoms with Gasteiger partial charge in [0.2, 0.25) is 0 Å². The normalized spacial score (nSPS) is 11.9. The molecule has 3 rings (SSSR count). The zero-order valence-electron chi connectivity index (χ0n) is 17.4. The van der Waals surface area contributed by atoms with Crippen molar-refractivity contribution in [2.75, 3.05) is 7.11 Å². The number of carbonyl (C=O) groups is 2. The van der Waals surface area contributed by atoms with E-state index in [9.17, 15) is 9.59 Å². The third-order valence-corrected chi connectivity index (χ3v) is 5.45. The molecular weight excluding hydrogens is 406 g/mol. The third-order valence-electron chi connectivity index (χ3n) is 4.52. The van der Waals surface area contributed by atoms with E-state index >= 15 is 0 Å². The number of thioether (sulfide) groups is 1. The number of Topliss-reactive ketones (excluding diaryl/α,β-unsaturated/α-hetero) is 1. The summed E-state index contributed by atoms with van der Waals surface area (Å²) in [6.45, 7) is 7.30. The van der Waals surface area contributed by atoms with Gasteiger partial charge in [0.25, 0.3) is 11.1 Å². The van der Waals surface area contributed by atoms with Gasteiger partial charge in [-0.3, -0.25) is 4.79 Å². The summed E-state index contributed by atoms with van der Waals surface area (Å²) in [5.41, 5.74) is 3.00. The highest BCUT2D eigenvalue weighted by Crippen LogP contribution is 2.27. The number of carbonyl (C=O) groups excluding carboxylic acids is 2. The average Bonchev–Trinajstić information content (AvgIpc) is 3.28. The maximum absolute atomic E-state index is 12.9. The van der Waals surface area contributed by atoms with Gasteiger partial charge in [-0.15, -0.1) is 10.2 Å². The van der Waals surface area contributed by atoms with Crippen molar-refractivity contribution in [1.29, 1.82) is 0 Å². The molecular formula is C21H23N3O5S. The quantitative estimate of drug-likeness (QED) is 0.325. The van der Waals surface area contributed by atoms with E-state index in [1.54, 1.807) is 20.8 Å². The molecule has 2 aromatic heterocycles. The molecule has 0 fully saturated rings. The van der Waals surface area contributed by atoms with E-state index in [0.717, 1.165) is 17.3 Å². The zero-order chi connectivity index (χ0) is 21.8. The van der Waals surface area contributed by atoms with E-state index in [4.69, 9.17) is 13.9 Å². The summed E-state index contributed by atoms with van der Waals surface area (Å²) in [5, 5.41) is 7.71. The molecule has 0 saturated carbocycles. The Morgan fingerprint density at radius 3 is 2.70 bits per heavy atom. The molecule has 0 bridgehead atoms. The highest BCUT2D eigenvalue weighted by molar-refractivity contribution is 8.00. The number of aromatic amines is 1. The Hall–Kier alpha value is -3.07. The van der Waals surface area contributed by atoms with Crippen LogP contribution in [0.1, 0.15) is 50.5 Å². The SMILES string of the molecule is COC(=O)c1c(C)[nH]c(C(=O)[C@@H](C)Sc2nnc(COc3cccc(C)c3)o2)c1C. The Labute approximate surface area is 178 Å². The fourth-order valence-electron chi connectivity index (χ4n) is 3.01. The summed E-state index contributed by atoms with van der Waals surface area (Å²) in [6.07, 6.45) is 0. The Morgan fingerprint density at radius 1 is 1.23 bits per heavy atom. The van der Waals surface area contributed by atoms with E-state index in [1.165, 1.54) is 7.11 Å². The van der Waals surface area contributed by atoms with E-state index in [2.05, 4.69) is 15.2 Å². The van der Waals surface area contributed by atoms with Crippen LogP contribution < -0.4 is 4.74 Å². The van der Waals surface area contributed by atoms with Crippen LogP contribution >= 0.6 is 11.8 Å². The predicted octanol–water partition coefficient (Wildman–Crippen LogP) is 4.05. The lowest BCUT2D eigenvalue weighted by molar-refractivity contribution is 0.0599. The fourth-order valence-corrected chi connectivity index (χ4v) is 3.77. The van der Waals surface area contributed by atoms with E-state index in [1.807, 2.05) is 31.2 Å². The molecule has 0 aliphatic heterocycles. The average molecular weight is 429 g/mol. The molecule has 0 amide bonds. The number of methoxy groups -OCH3 is 1. The lowest BCUT2D eigenvalue weighted by atomic mass is 10.1. The van der Waals surface area contributed by atoms with Crippen LogP contribution in [-0.4, -0.2) is 39.3 Å². The summed E-state index contributed by atoms with van der Waals surface area (Å²) in [7, 11) is 1.31. The van der Waals surface area contributed by atoms with Gasteiger partial charge in [-0.05, 0) is 51.0 Å². The molecule has 1 atom stereocenters. The topological polar surface area (TPSA) is 107 Å². The molecule has 0 spiro atoms. The van der Waals surface area contributed by atoms with Gasteiger partial charge in [0, 0.05) is 5.69 Å². The largest absolute Gasteiger partial charge is 0.484 e. The molecule has 30 heavy (non-hydrogen) atoms. The van der Waals surface area contributed by atoms with Crippen molar-refractivity contribution in [1.82, 2.24) is 15.2 Å². The molecule has 0 aliphatic carbocycles. The van der Waals surface area contributed by atoms with Gasteiger partial charge < -0.3 is 18.9 Å². The number of nitrogens with zero attached hydrogens (tertiary/aromatic N) is 2. The Kier molecular flexibility index (Phi) is 6.61. The highest BCUT2D eigenvalue weighted by Gasteiger charge is 2.27. The number of H-pyrrole nitrogens is 1. The number of hydrogen-bond acceptors (Lipinski definition) is 8. The summed E-state index contributed by atoms with van der Waals surface area (Å²) >= 11 is 1.15. The molecule has 8 nitrogen and oxygen atoms in total. The van der Waals surface area contributed by atoms with Crippen molar-refractivity contribution in [3.8, 4) is 5.75 Å². The molecule has 3 aromatic rings. The second kappa shape index (κ2) is 9.17. The number of aryl methyl sites for hydroxylation is 2. The smallest absolute Gasteiger partial charge is 0.339 e. The van der Waals surface area contributed by atoms with Crippen molar-refractivity contribution in [2.24, 2.45) is 0 Å². The molecule has 158 valence electrons. The van der Waals surface area contributed by atoms with Gasteiger partial charge >= 0.3 is 5.97 Å². The molecule has 0 radical (unpaired) electrons. The summed E-state index contributed by atoms with van der Waals surface area (Å²) < 4.78 is 16.0. The van der Waals surface area contributed by atoms with Gasteiger partial charge in [-0.1, -0.05) is 23.9 Å². The maximum Gasteiger partial charge on any atom is 0.339 e. The number of benzene rings is 1. The minimum atomic E-state index is -0.502. The highest BCUT2D eigenvalue weighted by atomic mass is 32.2. The standard InChI is InChI=1S/C21H23N3O5S/c1-11-7-6-8-15(9-11)28-10-16-23-24-21(29-16)30-14(4)19(25)18-12(2)17(13(3)22-18)20(26)27-5/h6-9,14,22H,10H2,1-5H3/t14-/m1/s1. The van der Waals surface area contributed by atoms with Crippen molar-refractivity contribution < 1.29 is 23.5 Å². The first kappa shape index (κ1) is 21.6. The van der Waals surface area contributed by atoms with Gasteiger partial charge in [-0.25, -0.2) is 4.79 Å². The van der Waals surface area contributed by atoms with Gasteiger partial charge in [0.15, 0.2) is 12.4 Å². The number of ketones is 1. The summed E-state index contributed by atoms with van der Waals surface area (Å²) in [4.78, 5) is 27.8. The Bertz CT molecular complexity index is 1070. The van der Waals surface area contributed by atoms with Gasteiger partial charge in [-0.2, -0.15) is 0 Å². The first-order valence-electron chi connectivity index (χ1n) is 9.30. The molecule has 0 saturated heterocycles. The van der Waals surface area contributed by atoms with Crippen LogP contribution in [0.3, 0.4) is 0 Å². The van der Waals surface area contributed by atoms with Crippen molar-refractivity contribution in [3.63, 3.8) is 0 Å². The zero-order valence-corrected chi connectivity index (χ0v) is 18.3. The minimum absolute atomic E-state index is 0.136. The van der Waals surface area contributed by atoms with Crippen LogP contribution in [0.5, 0.6) is 5.75 Å². The monoisotopic (exact) mass is 429 g/mol. The number of ether oxygens (including phenoxy) is 2. The van der Waals surface area contributed by atoms with Crippen LogP contribution in [0.2, 0.25) is 0 Å². The van der Waals surface area contributed by atoms with Crippen molar-refractivity contribution >= 4 is 23.5 Å². The van der Waals surface area contributed by atoms with E-state index in [-0.39, 0.29) is 17.6 Å². The third kappa shape index (κ3) is 4.73. The van der Waals surface area contributed by atoms with Crippen LogP contribution in [-0.2, 0) is 11.3 Å². The Morgan fingerprint density at radius 2 is 2.00 bits per heavy atom. The first-order valence-corrected chi connectivity index (χ1v) is 10.2. The maximum atomic E-state index is 12.9. The molecule has 0 unspecified atom stereocenters. The first-order chi connectivity index (χ1) is 14.3. The van der Waals surface area contributed by atoms with Crippen molar-refractivity contribution in [3.05, 3.63) is 58.2 Å². The van der Waals surface area contributed by atoms with Crippen LogP contribution in [0, 0.1) is 20.8 Å². The second-order valence-corrected chi connectivity index (χ2v) is 8.10. The number of aromatic nitrogens is 3. The van der Waals surface area contributed by atoms with Crippen LogP contribution in [0.25, 0.3) is 0 Å². The van der Waals surface area contributed by atoms with Crippen LogP contribution in [0.15, 0.2) is 33.9 Å². The van der Waals surface area contributed by atoms with Gasteiger partial charge in [0.1, 0.15) is 5.75 Å². The Balaban J connectivity index is 1.64. The predicted molar refractivity (Wildman–Crippen MR) is 111 cm³/mol. The fraction of sp³-hybridized carbons (Fsp3) is 0.333. The minimum Gasteiger partial charge on any atom is -0.484 e. The molecule has 1 aromatic carbocycles. The number of nitrogens with one attached hydrogen (secondary N) is 1. The lowest BCUT2D eigenvalue weighted by Gasteiger charge is -2.07. The molecule has 2 heterocycles. The molecule has 0 aliphatic rings. The second-order valence-electron chi connectivity index (χ2n) is 6.81. The number of esters is 1. The van der Waals surface area contributed by atoms with E-state index in [0.29, 0.717) is 34.2 Å². The van der Waals surface area contributed by atoms with Crippen LogP contribution in [0.4, 0.5) is 0 Å². The van der Waals surface area contributed by atoms with Crippen molar-refractivity contribution in [2.45, 2.75) is 44.8 Å². The summed E-state index contributed by atoms with van der Waals surface area (Å²) in [5.74, 6) is 0.380. The summed E-state index contributed by atoms with van der Waals surface area (Å²) in [6, 6.07) is 7.65. The number of rotatable bonds is 8. The molecule has 9 heteroatoms. The van der Waals surface area contributed by atoms with E-state index < -0.39 is 11.2 Å².